The van der Waals surface area contributed by atoms with Gasteiger partial charge in [0.2, 0.25) is 5.91 Å². The van der Waals surface area contributed by atoms with Crippen LogP contribution in [0.15, 0.2) is 35.3 Å². The Hall–Kier alpha value is -3.89. The number of carbonyl (C=O) groups excluding carboxylic acids is 1. The van der Waals surface area contributed by atoms with Crippen LogP contribution in [0.2, 0.25) is 0 Å². The summed E-state index contributed by atoms with van der Waals surface area (Å²) >= 11 is 0. The third-order valence-corrected chi connectivity index (χ3v) is 5.58. The highest BCUT2D eigenvalue weighted by atomic mass is 19.1. The Balaban J connectivity index is 1.95. The molecule has 1 fully saturated rings. The lowest BCUT2D eigenvalue weighted by Crippen LogP contribution is -2.36. The lowest BCUT2D eigenvalue weighted by atomic mass is 10.0. The highest BCUT2D eigenvalue weighted by Crippen LogP contribution is 2.31. The molecule has 0 spiro atoms. The van der Waals surface area contributed by atoms with Crippen molar-refractivity contribution in [2.45, 2.75) is 32.4 Å². The SMILES string of the molecule is CC(=O)N[C@H]1C[C@H](C)N(c2nc3c(-c4ccc(F)cc4F)cc(C(=O)O)c(=O)n3cc2F)C1. The number of carboxylic acids is 1. The number of aromatic carboxylic acids is 1. The van der Waals surface area contributed by atoms with Crippen molar-refractivity contribution in [3.8, 4) is 11.1 Å². The number of anilines is 1. The van der Waals surface area contributed by atoms with E-state index in [2.05, 4.69) is 10.3 Å². The van der Waals surface area contributed by atoms with Gasteiger partial charge in [0.15, 0.2) is 11.6 Å². The normalized spacial score (nSPS) is 18.0. The first-order chi connectivity index (χ1) is 15.6. The molecule has 1 saturated heterocycles. The average molecular weight is 460 g/mol. The van der Waals surface area contributed by atoms with Crippen LogP contribution in [0.3, 0.4) is 0 Å². The number of benzene rings is 1. The Kier molecular flexibility index (Phi) is 5.56. The molecular weight excluding hydrogens is 441 g/mol. The van der Waals surface area contributed by atoms with Gasteiger partial charge < -0.3 is 15.3 Å². The number of amides is 1. The number of nitrogens with zero attached hydrogens (tertiary/aromatic N) is 3. The van der Waals surface area contributed by atoms with Gasteiger partial charge in [-0.05, 0) is 31.5 Å². The number of rotatable bonds is 4. The van der Waals surface area contributed by atoms with E-state index in [1.54, 1.807) is 4.90 Å². The van der Waals surface area contributed by atoms with Crippen LogP contribution >= 0.6 is 0 Å². The van der Waals surface area contributed by atoms with E-state index in [1.807, 2.05) is 6.92 Å². The minimum Gasteiger partial charge on any atom is -0.477 e. The van der Waals surface area contributed by atoms with Gasteiger partial charge in [0.05, 0.1) is 6.20 Å². The van der Waals surface area contributed by atoms with Gasteiger partial charge in [-0.2, -0.15) is 0 Å². The van der Waals surface area contributed by atoms with Gasteiger partial charge >= 0.3 is 5.97 Å². The Labute approximate surface area is 185 Å². The van der Waals surface area contributed by atoms with Crippen LogP contribution in [-0.2, 0) is 4.79 Å². The highest BCUT2D eigenvalue weighted by molar-refractivity contribution is 5.91. The molecule has 2 atom stereocenters. The fraction of sp³-hybridized carbons (Fsp3) is 0.273. The molecule has 33 heavy (non-hydrogen) atoms. The number of aromatic nitrogens is 2. The van der Waals surface area contributed by atoms with Crippen LogP contribution < -0.4 is 15.8 Å². The number of fused-ring (bicyclic) bond motifs is 1. The van der Waals surface area contributed by atoms with Gasteiger partial charge in [-0.15, -0.1) is 0 Å². The maximum absolute atomic E-state index is 15.1. The van der Waals surface area contributed by atoms with Crippen molar-refractivity contribution in [1.82, 2.24) is 14.7 Å². The molecule has 0 aliphatic carbocycles. The molecule has 2 N–H and O–H groups in total. The highest BCUT2D eigenvalue weighted by Gasteiger charge is 2.33. The lowest BCUT2D eigenvalue weighted by molar-refractivity contribution is -0.119. The number of carbonyl (C=O) groups is 2. The molecular formula is C22H19F3N4O4. The van der Waals surface area contributed by atoms with Crippen molar-refractivity contribution in [3.63, 3.8) is 0 Å². The van der Waals surface area contributed by atoms with E-state index in [0.29, 0.717) is 16.9 Å². The van der Waals surface area contributed by atoms with E-state index in [9.17, 15) is 28.3 Å². The summed E-state index contributed by atoms with van der Waals surface area (Å²) in [4.78, 5) is 41.6. The molecule has 0 radical (unpaired) electrons. The minimum absolute atomic E-state index is 0.115. The minimum atomic E-state index is -1.59. The number of pyridine rings is 1. The quantitative estimate of drug-likeness (QED) is 0.620. The first-order valence-electron chi connectivity index (χ1n) is 10.0. The third kappa shape index (κ3) is 4.01. The van der Waals surface area contributed by atoms with Gasteiger partial charge in [0.1, 0.15) is 22.8 Å². The number of nitrogens with one attached hydrogen (secondary N) is 1. The first kappa shape index (κ1) is 22.3. The van der Waals surface area contributed by atoms with Crippen molar-refractivity contribution in [3.05, 3.63) is 63.8 Å². The standard InChI is InChI=1S/C22H19F3N4O4/c1-10-5-13(26-11(2)30)8-28(10)20-18(25)9-29-19(27-20)15(7-16(21(29)31)22(32)33)14-4-3-12(23)6-17(14)24/h3-4,6-7,9-10,13H,5,8H2,1-2H3,(H,26,30)(H,32,33)/t10-,13-/m0/s1. The second-order valence-electron chi connectivity index (χ2n) is 7.95. The Morgan fingerprint density at radius 3 is 2.52 bits per heavy atom. The van der Waals surface area contributed by atoms with Crippen molar-refractivity contribution >= 4 is 23.3 Å². The zero-order valence-corrected chi connectivity index (χ0v) is 17.6. The molecule has 1 aromatic carbocycles. The summed E-state index contributed by atoms with van der Waals surface area (Å²) in [5.41, 5.74) is -2.28. The topological polar surface area (TPSA) is 104 Å². The molecule has 1 aliphatic heterocycles. The summed E-state index contributed by atoms with van der Waals surface area (Å²) in [6.07, 6.45) is 1.33. The van der Waals surface area contributed by atoms with Crippen LogP contribution in [0, 0.1) is 17.5 Å². The Morgan fingerprint density at radius 2 is 1.88 bits per heavy atom. The predicted octanol–water partition coefficient (Wildman–Crippen LogP) is 2.58. The molecule has 2 aromatic heterocycles. The fourth-order valence-corrected chi connectivity index (χ4v) is 4.16. The number of hydrogen-bond acceptors (Lipinski definition) is 5. The molecule has 0 saturated carbocycles. The maximum Gasteiger partial charge on any atom is 0.341 e. The Morgan fingerprint density at radius 1 is 1.15 bits per heavy atom. The van der Waals surface area contributed by atoms with Gasteiger partial charge in [0, 0.05) is 42.7 Å². The van der Waals surface area contributed by atoms with Crippen LogP contribution in [0.4, 0.5) is 19.0 Å². The second-order valence-corrected chi connectivity index (χ2v) is 7.95. The van der Waals surface area contributed by atoms with Crippen LogP contribution in [0.25, 0.3) is 16.8 Å². The maximum atomic E-state index is 15.1. The smallest absolute Gasteiger partial charge is 0.341 e. The van der Waals surface area contributed by atoms with Crippen LogP contribution in [0.1, 0.15) is 30.6 Å². The predicted molar refractivity (Wildman–Crippen MR) is 113 cm³/mol. The number of halogens is 3. The lowest BCUT2D eigenvalue weighted by Gasteiger charge is -2.24. The fourth-order valence-electron chi connectivity index (χ4n) is 4.16. The van der Waals surface area contributed by atoms with Crippen molar-refractivity contribution in [1.29, 1.82) is 0 Å². The third-order valence-electron chi connectivity index (χ3n) is 5.58. The summed E-state index contributed by atoms with van der Waals surface area (Å²) in [7, 11) is 0. The van der Waals surface area contributed by atoms with Gasteiger partial charge in [0.25, 0.3) is 5.56 Å². The monoisotopic (exact) mass is 460 g/mol. The summed E-state index contributed by atoms with van der Waals surface area (Å²) in [5.74, 6) is -4.70. The van der Waals surface area contributed by atoms with Gasteiger partial charge in [-0.1, -0.05) is 0 Å². The molecule has 8 nitrogen and oxygen atoms in total. The second kappa shape index (κ2) is 8.23. The molecule has 1 amide bonds. The number of hydrogen-bond donors (Lipinski definition) is 2. The first-order valence-corrected chi connectivity index (χ1v) is 10.0. The largest absolute Gasteiger partial charge is 0.477 e. The molecule has 4 rings (SSSR count). The molecule has 3 heterocycles. The van der Waals surface area contributed by atoms with Crippen LogP contribution in [0.5, 0.6) is 0 Å². The summed E-state index contributed by atoms with van der Waals surface area (Å²) in [6.45, 7) is 3.43. The van der Waals surface area contributed by atoms with E-state index in [1.165, 1.54) is 6.92 Å². The number of carboxylic acid groups (broad SMARTS) is 1. The van der Waals surface area contributed by atoms with E-state index in [0.717, 1.165) is 24.4 Å². The molecule has 0 unspecified atom stereocenters. The molecule has 11 heteroatoms. The van der Waals surface area contributed by atoms with Crippen LogP contribution in [-0.4, -0.2) is 45.0 Å². The average Bonchev–Trinajstić information content (AvgIpc) is 3.07. The van der Waals surface area contributed by atoms with E-state index in [4.69, 9.17) is 0 Å². The summed E-state index contributed by atoms with van der Waals surface area (Å²) < 4.78 is 43.8. The zero-order chi connectivity index (χ0) is 24.0. The zero-order valence-electron chi connectivity index (χ0n) is 17.6. The molecule has 3 aromatic rings. The Bertz CT molecular complexity index is 1360. The summed E-state index contributed by atoms with van der Waals surface area (Å²) in [5, 5.41) is 12.2. The molecule has 172 valence electrons. The van der Waals surface area contributed by atoms with E-state index >= 15 is 4.39 Å². The molecule has 1 aliphatic rings. The van der Waals surface area contributed by atoms with E-state index < -0.39 is 34.5 Å². The summed E-state index contributed by atoms with van der Waals surface area (Å²) in [6, 6.07) is 3.15. The van der Waals surface area contributed by atoms with Crippen molar-refractivity contribution in [2.75, 3.05) is 11.4 Å². The van der Waals surface area contributed by atoms with Crippen molar-refractivity contribution in [2.24, 2.45) is 0 Å². The van der Waals surface area contributed by atoms with Gasteiger partial charge in [-0.3, -0.25) is 14.0 Å². The van der Waals surface area contributed by atoms with E-state index in [-0.39, 0.29) is 47.1 Å². The van der Waals surface area contributed by atoms with Crippen molar-refractivity contribution < 1.29 is 27.9 Å². The molecule has 0 bridgehead atoms. The van der Waals surface area contributed by atoms with Gasteiger partial charge in [-0.25, -0.2) is 22.9 Å².